The van der Waals surface area contributed by atoms with Crippen LogP contribution in [-0.4, -0.2) is 25.3 Å². The second-order valence-electron chi connectivity index (χ2n) is 4.15. The van der Waals surface area contributed by atoms with Gasteiger partial charge in [0.05, 0.1) is 12.6 Å². The summed E-state index contributed by atoms with van der Waals surface area (Å²) in [5, 5.41) is 22.7. The van der Waals surface area contributed by atoms with Crippen molar-refractivity contribution in [1.82, 2.24) is 20.2 Å². The van der Waals surface area contributed by atoms with Crippen LogP contribution in [0.25, 0.3) is 0 Å². The Morgan fingerprint density at radius 1 is 1.35 bits per heavy atom. The zero-order chi connectivity index (χ0) is 12.5. The number of hydrogen-bond acceptors (Lipinski definition) is 4. The summed E-state index contributed by atoms with van der Waals surface area (Å²) in [6, 6.07) is 7.07. The number of nitrogens with zero attached hydrogens (tertiary/aromatic N) is 4. The minimum atomic E-state index is -1.03. The van der Waals surface area contributed by atoms with Crippen molar-refractivity contribution in [2.24, 2.45) is 7.05 Å². The summed E-state index contributed by atoms with van der Waals surface area (Å²) in [5.41, 5.74) is -0.262. The maximum absolute atomic E-state index is 10.4. The Morgan fingerprint density at radius 3 is 2.53 bits per heavy atom. The van der Waals surface area contributed by atoms with Crippen LogP contribution in [0.1, 0.15) is 18.3 Å². The maximum atomic E-state index is 10.4. The molecule has 0 aliphatic heterocycles. The zero-order valence-electron chi connectivity index (χ0n) is 9.63. The Morgan fingerprint density at radius 2 is 2.00 bits per heavy atom. The number of aliphatic hydroxyl groups is 1. The lowest BCUT2D eigenvalue weighted by Gasteiger charge is -2.22. The monoisotopic (exact) mass is 252 g/mol. The van der Waals surface area contributed by atoms with E-state index in [9.17, 15) is 5.11 Å². The molecule has 0 amide bonds. The Balaban J connectivity index is 2.21. The van der Waals surface area contributed by atoms with Crippen LogP contribution in [0.4, 0.5) is 0 Å². The third-order valence-corrected chi connectivity index (χ3v) is 2.77. The van der Waals surface area contributed by atoms with Crippen molar-refractivity contribution in [1.29, 1.82) is 0 Å². The predicted octanol–water partition coefficient (Wildman–Crippen LogP) is 1.31. The highest BCUT2D eigenvalue weighted by Crippen LogP contribution is 2.25. The van der Waals surface area contributed by atoms with E-state index in [0.29, 0.717) is 17.3 Å². The lowest BCUT2D eigenvalue weighted by atomic mass is 9.92. The van der Waals surface area contributed by atoms with E-state index in [2.05, 4.69) is 15.4 Å². The van der Waals surface area contributed by atoms with Gasteiger partial charge in [0.1, 0.15) is 0 Å². The molecule has 0 aliphatic carbocycles. The fourth-order valence-electron chi connectivity index (χ4n) is 1.61. The van der Waals surface area contributed by atoms with E-state index in [-0.39, 0.29) is 0 Å². The number of rotatable bonds is 3. The lowest BCUT2D eigenvalue weighted by molar-refractivity contribution is 0.0554. The second-order valence-corrected chi connectivity index (χ2v) is 4.59. The zero-order valence-corrected chi connectivity index (χ0v) is 10.4. The number of hydrogen-bond donors (Lipinski definition) is 1. The van der Waals surface area contributed by atoms with Crippen molar-refractivity contribution in [3.63, 3.8) is 0 Å². The number of aromatic nitrogens is 4. The van der Waals surface area contributed by atoms with Gasteiger partial charge in [0, 0.05) is 11.4 Å². The van der Waals surface area contributed by atoms with Crippen LogP contribution in [0.15, 0.2) is 24.3 Å². The van der Waals surface area contributed by atoms with E-state index in [0.717, 1.165) is 5.56 Å². The molecular weight excluding hydrogens is 240 g/mol. The van der Waals surface area contributed by atoms with E-state index in [4.69, 9.17) is 11.6 Å². The Bertz CT molecular complexity index is 506. The maximum Gasteiger partial charge on any atom is 0.178 e. The molecule has 1 aromatic heterocycles. The molecule has 6 heteroatoms. The van der Waals surface area contributed by atoms with Crippen molar-refractivity contribution in [2.45, 2.75) is 18.9 Å². The first kappa shape index (κ1) is 12.0. The van der Waals surface area contributed by atoms with Crippen molar-refractivity contribution in [2.75, 3.05) is 0 Å². The van der Waals surface area contributed by atoms with E-state index in [1.165, 1.54) is 4.80 Å². The molecule has 0 fully saturated rings. The van der Waals surface area contributed by atoms with E-state index in [1.807, 2.05) is 0 Å². The molecule has 0 aliphatic rings. The van der Waals surface area contributed by atoms with Gasteiger partial charge in [-0.3, -0.25) is 0 Å². The van der Waals surface area contributed by atoms with Gasteiger partial charge in [0.2, 0.25) is 0 Å². The van der Waals surface area contributed by atoms with Gasteiger partial charge in [-0.25, -0.2) is 0 Å². The molecule has 1 N–H and O–H groups in total. The molecule has 2 rings (SSSR count). The normalized spacial score (nSPS) is 14.6. The van der Waals surface area contributed by atoms with Gasteiger partial charge in [0.25, 0.3) is 0 Å². The average Bonchev–Trinajstić information content (AvgIpc) is 2.63. The van der Waals surface area contributed by atoms with Crippen molar-refractivity contribution >= 4 is 11.6 Å². The first-order valence-electron chi connectivity index (χ1n) is 5.19. The highest BCUT2D eigenvalue weighted by Gasteiger charge is 2.25. The minimum absolute atomic E-state index is 0.308. The second kappa shape index (κ2) is 4.43. The van der Waals surface area contributed by atoms with E-state index in [1.54, 1.807) is 38.2 Å². The van der Waals surface area contributed by atoms with Crippen LogP contribution in [0.5, 0.6) is 0 Å². The van der Waals surface area contributed by atoms with Crippen LogP contribution >= 0.6 is 11.6 Å². The molecule has 1 unspecified atom stereocenters. The fourth-order valence-corrected chi connectivity index (χ4v) is 1.74. The topological polar surface area (TPSA) is 63.8 Å². The molecular formula is C11H13ClN4O. The number of halogens is 1. The molecule has 1 atom stereocenters. The van der Waals surface area contributed by atoms with Crippen LogP contribution < -0.4 is 0 Å². The third-order valence-electron chi connectivity index (χ3n) is 2.52. The average molecular weight is 253 g/mol. The molecule has 1 heterocycles. The van der Waals surface area contributed by atoms with Crippen LogP contribution in [0.2, 0.25) is 5.02 Å². The van der Waals surface area contributed by atoms with Crippen LogP contribution in [-0.2, 0) is 19.1 Å². The summed E-state index contributed by atoms with van der Waals surface area (Å²) < 4.78 is 0. The summed E-state index contributed by atoms with van der Waals surface area (Å²) in [7, 11) is 1.69. The fraction of sp³-hybridized carbons (Fsp3) is 0.364. The summed E-state index contributed by atoms with van der Waals surface area (Å²) in [4.78, 5) is 1.37. The Labute approximate surface area is 104 Å². The van der Waals surface area contributed by atoms with Gasteiger partial charge in [-0.2, -0.15) is 4.80 Å². The number of benzene rings is 1. The lowest BCUT2D eigenvalue weighted by Crippen LogP contribution is -2.25. The summed E-state index contributed by atoms with van der Waals surface area (Å²) in [5.74, 6) is 0.507. The standard InChI is InChI=1S/C11H13ClN4O/c1-11(17,7-10-13-15-16(2)14-10)8-3-5-9(12)6-4-8/h3-6,17H,7H2,1-2H3. The van der Waals surface area contributed by atoms with Crippen molar-refractivity contribution < 1.29 is 5.11 Å². The summed E-state index contributed by atoms with van der Waals surface area (Å²) in [6.07, 6.45) is 0.308. The quantitative estimate of drug-likeness (QED) is 0.895. The van der Waals surface area contributed by atoms with Crippen molar-refractivity contribution in [3.05, 3.63) is 40.7 Å². The van der Waals surface area contributed by atoms with Gasteiger partial charge >= 0.3 is 0 Å². The van der Waals surface area contributed by atoms with Crippen LogP contribution in [0.3, 0.4) is 0 Å². The molecule has 17 heavy (non-hydrogen) atoms. The molecule has 1 aromatic carbocycles. The molecule has 2 aromatic rings. The largest absolute Gasteiger partial charge is 0.385 e. The van der Waals surface area contributed by atoms with Gasteiger partial charge in [0.15, 0.2) is 5.82 Å². The highest BCUT2D eigenvalue weighted by atomic mass is 35.5. The molecule has 90 valence electrons. The predicted molar refractivity (Wildman–Crippen MR) is 63.5 cm³/mol. The molecule has 0 saturated heterocycles. The van der Waals surface area contributed by atoms with Gasteiger partial charge < -0.3 is 5.11 Å². The number of aryl methyl sites for hydroxylation is 1. The van der Waals surface area contributed by atoms with Crippen molar-refractivity contribution in [3.8, 4) is 0 Å². The SMILES string of the molecule is Cn1nnc(CC(C)(O)c2ccc(Cl)cc2)n1. The number of tetrazole rings is 1. The smallest absolute Gasteiger partial charge is 0.178 e. The van der Waals surface area contributed by atoms with E-state index >= 15 is 0 Å². The van der Waals surface area contributed by atoms with Gasteiger partial charge in [-0.1, -0.05) is 23.7 Å². The first-order chi connectivity index (χ1) is 7.97. The summed E-state index contributed by atoms with van der Waals surface area (Å²) in [6.45, 7) is 1.71. The third kappa shape index (κ3) is 2.81. The minimum Gasteiger partial charge on any atom is -0.385 e. The first-order valence-corrected chi connectivity index (χ1v) is 5.56. The highest BCUT2D eigenvalue weighted by molar-refractivity contribution is 6.30. The van der Waals surface area contributed by atoms with Crippen LogP contribution in [0, 0.1) is 0 Å². The Kier molecular flexibility index (Phi) is 3.13. The summed E-state index contributed by atoms with van der Waals surface area (Å²) >= 11 is 5.81. The van der Waals surface area contributed by atoms with E-state index < -0.39 is 5.60 Å². The molecule has 0 bridgehead atoms. The molecule has 0 saturated carbocycles. The molecule has 0 radical (unpaired) electrons. The molecule has 0 spiro atoms. The van der Waals surface area contributed by atoms with Gasteiger partial charge in [-0.05, 0) is 29.8 Å². The Hall–Kier alpha value is -1.46. The molecule has 5 nitrogen and oxygen atoms in total. The van der Waals surface area contributed by atoms with Gasteiger partial charge in [-0.15, -0.1) is 10.2 Å².